The second-order valence-electron chi connectivity index (χ2n) is 4.05. The van der Waals surface area contributed by atoms with Gasteiger partial charge in [0.05, 0.1) is 4.90 Å². The Morgan fingerprint density at radius 2 is 1.75 bits per heavy atom. The summed E-state index contributed by atoms with van der Waals surface area (Å²) >= 11 is 2.74. The molecule has 2 aromatic rings. The summed E-state index contributed by atoms with van der Waals surface area (Å²) < 4.78 is 60.1. The molecule has 1 heterocycles. The molecule has 108 valence electrons. The van der Waals surface area contributed by atoms with Gasteiger partial charge in [-0.25, -0.2) is 13.4 Å². The minimum atomic E-state index is -4.54. The van der Waals surface area contributed by atoms with Crippen LogP contribution in [0.25, 0.3) is 11.4 Å². The Labute approximate surface area is 121 Å². The maximum Gasteiger partial charge on any atom is 0.433 e. The average Bonchev–Trinajstić information content (AvgIpc) is 2.70. The Morgan fingerprint density at radius 1 is 1.20 bits per heavy atom. The molecule has 0 spiro atoms. The lowest BCUT2D eigenvalue weighted by molar-refractivity contribution is -0.141. The Bertz CT molecular complexity index is 736. The fraction of sp³-hybridized carbons (Fsp3) is 0.182. The predicted molar refractivity (Wildman–Crippen MR) is 69.8 cm³/mol. The van der Waals surface area contributed by atoms with Crippen molar-refractivity contribution >= 4 is 25.8 Å². The van der Waals surface area contributed by atoms with Crippen LogP contribution in [0.4, 0.5) is 13.2 Å². The van der Waals surface area contributed by atoms with Crippen LogP contribution in [0, 0.1) is 0 Å². The molecule has 4 nitrogen and oxygen atoms in total. The van der Waals surface area contributed by atoms with Gasteiger partial charge in [-0.2, -0.15) is 13.2 Å². The quantitative estimate of drug-likeness (QED) is 0.884. The molecule has 0 aliphatic heterocycles. The molecule has 20 heavy (non-hydrogen) atoms. The van der Waals surface area contributed by atoms with Gasteiger partial charge in [-0.3, -0.25) is 0 Å². The first kappa shape index (κ1) is 15.0. The molecule has 0 saturated carbocycles. The molecule has 0 radical (unpaired) electrons. The zero-order chi connectivity index (χ0) is 15.1. The first-order valence-corrected chi connectivity index (χ1v) is 7.90. The maximum absolute atomic E-state index is 12.6. The standard InChI is InChI=1S/C11H8BrF3N2O2S/c1-20(18,19)7-4-2-6(3-5-7)10-16-8(9(12)17-10)11(13,14)15/h2-5H,1H3,(H,16,17). The lowest BCUT2D eigenvalue weighted by Gasteiger charge is -2.03. The minimum absolute atomic E-state index is 0.00394. The first-order chi connectivity index (χ1) is 9.09. The molecule has 0 aliphatic rings. The van der Waals surface area contributed by atoms with Crippen molar-refractivity contribution in [2.24, 2.45) is 0 Å². The van der Waals surface area contributed by atoms with Crippen molar-refractivity contribution in [2.45, 2.75) is 11.1 Å². The predicted octanol–water partition coefficient (Wildman–Crippen LogP) is 3.26. The van der Waals surface area contributed by atoms with Gasteiger partial charge in [-0.1, -0.05) is 0 Å². The molecular formula is C11H8BrF3N2O2S. The van der Waals surface area contributed by atoms with E-state index in [-0.39, 0.29) is 15.3 Å². The zero-order valence-corrected chi connectivity index (χ0v) is 12.4. The van der Waals surface area contributed by atoms with Gasteiger partial charge in [0, 0.05) is 11.8 Å². The average molecular weight is 369 g/mol. The Hall–Kier alpha value is -1.35. The normalized spacial score (nSPS) is 12.7. The van der Waals surface area contributed by atoms with E-state index in [0.29, 0.717) is 5.56 Å². The maximum atomic E-state index is 12.6. The highest BCUT2D eigenvalue weighted by Crippen LogP contribution is 2.34. The van der Waals surface area contributed by atoms with Gasteiger partial charge < -0.3 is 4.98 Å². The van der Waals surface area contributed by atoms with Crippen molar-refractivity contribution in [3.8, 4) is 11.4 Å². The molecule has 0 unspecified atom stereocenters. The third kappa shape index (κ3) is 3.04. The number of nitrogens with zero attached hydrogens (tertiary/aromatic N) is 1. The van der Waals surface area contributed by atoms with E-state index in [4.69, 9.17) is 0 Å². The van der Waals surface area contributed by atoms with Crippen LogP contribution in [-0.2, 0) is 16.0 Å². The summed E-state index contributed by atoms with van der Waals surface area (Å²) in [7, 11) is -3.35. The molecule has 1 N–H and O–H groups in total. The van der Waals surface area contributed by atoms with Gasteiger partial charge in [-0.05, 0) is 40.2 Å². The third-order valence-electron chi connectivity index (χ3n) is 2.50. The van der Waals surface area contributed by atoms with Crippen molar-refractivity contribution in [2.75, 3.05) is 6.26 Å². The summed E-state index contributed by atoms with van der Waals surface area (Å²) in [5, 5.41) is 0. The molecular weight excluding hydrogens is 361 g/mol. The summed E-state index contributed by atoms with van der Waals surface area (Å²) in [5.74, 6) is 0.00394. The number of hydrogen-bond donors (Lipinski definition) is 1. The number of aromatic amines is 1. The highest BCUT2D eigenvalue weighted by molar-refractivity contribution is 9.10. The van der Waals surface area contributed by atoms with Crippen molar-refractivity contribution in [3.05, 3.63) is 34.6 Å². The van der Waals surface area contributed by atoms with Crippen LogP contribution in [0.2, 0.25) is 0 Å². The van der Waals surface area contributed by atoms with E-state index in [0.717, 1.165) is 6.26 Å². The molecule has 0 atom stereocenters. The number of H-pyrrole nitrogens is 1. The molecule has 0 amide bonds. The number of alkyl halides is 3. The third-order valence-corrected chi connectivity index (χ3v) is 4.20. The van der Waals surface area contributed by atoms with Crippen LogP contribution in [0.3, 0.4) is 0 Å². The largest absolute Gasteiger partial charge is 0.433 e. The van der Waals surface area contributed by atoms with Crippen LogP contribution in [0.15, 0.2) is 33.8 Å². The number of sulfone groups is 1. The molecule has 0 aliphatic carbocycles. The molecule has 0 saturated heterocycles. The second-order valence-corrected chi connectivity index (χ2v) is 6.81. The fourth-order valence-corrected chi connectivity index (χ4v) is 2.67. The smallest absolute Gasteiger partial charge is 0.333 e. The van der Waals surface area contributed by atoms with Gasteiger partial charge in [0.15, 0.2) is 15.5 Å². The molecule has 1 aromatic carbocycles. The van der Waals surface area contributed by atoms with E-state index in [1.165, 1.54) is 24.3 Å². The topological polar surface area (TPSA) is 62.8 Å². The van der Waals surface area contributed by atoms with E-state index in [1.807, 2.05) is 0 Å². The molecule has 2 rings (SSSR count). The van der Waals surface area contributed by atoms with Gasteiger partial charge in [-0.15, -0.1) is 0 Å². The molecule has 0 fully saturated rings. The number of imidazole rings is 1. The van der Waals surface area contributed by atoms with Gasteiger partial charge in [0.25, 0.3) is 0 Å². The number of aromatic nitrogens is 2. The molecule has 0 bridgehead atoms. The Morgan fingerprint density at radius 3 is 2.15 bits per heavy atom. The number of benzene rings is 1. The zero-order valence-electron chi connectivity index (χ0n) is 9.99. The van der Waals surface area contributed by atoms with Gasteiger partial charge in [0.1, 0.15) is 10.4 Å². The number of rotatable bonds is 2. The van der Waals surface area contributed by atoms with Crippen LogP contribution in [-0.4, -0.2) is 24.6 Å². The lowest BCUT2D eigenvalue weighted by Crippen LogP contribution is -2.06. The van der Waals surface area contributed by atoms with Crippen molar-refractivity contribution in [1.82, 2.24) is 9.97 Å². The molecule has 9 heteroatoms. The summed E-state index contributed by atoms with van der Waals surface area (Å²) in [6, 6.07) is 5.41. The van der Waals surface area contributed by atoms with Crippen molar-refractivity contribution in [1.29, 1.82) is 0 Å². The van der Waals surface area contributed by atoms with Crippen molar-refractivity contribution < 1.29 is 21.6 Å². The van der Waals surface area contributed by atoms with Crippen molar-refractivity contribution in [3.63, 3.8) is 0 Å². The Kier molecular flexibility index (Phi) is 3.67. The summed E-state index contributed by atoms with van der Waals surface area (Å²) in [5.41, 5.74) is -0.631. The van der Waals surface area contributed by atoms with Gasteiger partial charge >= 0.3 is 6.18 Å². The van der Waals surface area contributed by atoms with E-state index < -0.39 is 21.7 Å². The van der Waals surface area contributed by atoms with Crippen LogP contribution in [0.1, 0.15) is 5.69 Å². The minimum Gasteiger partial charge on any atom is -0.333 e. The van der Waals surface area contributed by atoms with Crippen LogP contribution < -0.4 is 0 Å². The summed E-state index contributed by atoms with van der Waals surface area (Å²) in [4.78, 5) is 5.98. The van der Waals surface area contributed by atoms with E-state index in [9.17, 15) is 21.6 Å². The molecule has 1 aromatic heterocycles. The highest BCUT2D eigenvalue weighted by atomic mass is 79.9. The van der Waals surface area contributed by atoms with E-state index in [2.05, 4.69) is 25.9 Å². The van der Waals surface area contributed by atoms with Gasteiger partial charge in [0.2, 0.25) is 0 Å². The van der Waals surface area contributed by atoms with Crippen LogP contribution >= 0.6 is 15.9 Å². The Balaban J connectivity index is 2.43. The summed E-state index contributed by atoms with van der Waals surface area (Å²) in [6.45, 7) is 0. The monoisotopic (exact) mass is 368 g/mol. The number of halogens is 4. The number of nitrogens with one attached hydrogen (secondary N) is 1. The fourth-order valence-electron chi connectivity index (χ4n) is 1.54. The van der Waals surface area contributed by atoms with E-state index >= 15 is 0 Å². The lowest BCUT2D eigenvalue weighted by atomic mass is 10.2. The summed E-state index contributed by atoms with van der Waals surface area (Å²) in [6.07, 6.45) is -3.50. The number of hydrogen-bond acceptors (Lipinski definition) is 3. The SMILES string of the molecule is CS(=O)(=O)c1ccc(-c2nc(Br)c(C(F)(F)F)[nH]2)cc1. The first-order valence-electron chi connectivity index (χ1n) is 5.22. The van der Waals surface area contributed by atoms with E-state index in [1.54, 1.807) is 0 Å². The highest BCUT2D eigenvalue weighted by Gasteiger charge is 2.36. The van der Waals surface area contributed by atoms with Crippen LogP contribution in [0.5, 0.6) is 0 Å². The second kappa shape index (κ2) is 4.88.